The number of carbonyl (C=O) groups is 1. The maximum atomic E-state index is 13.4. The molecule has 12 unspecified atom stereocenters. The zero-order valence-electron chi connectivity index (χ0n) is 65.1. The van der Waals surface area contributed by atoms with Crippen molar-refractivity contribution in [2.45, 2.75) is 434 Å². The molecule has 102 heavy (non-hydrogen) atoms. The highest BCUT2D eigenvalue weighted by Crippen LogP contribution is 2.30. The first-order valence-corrected chi connectivity index (χ1v) is 42.5. The molecule has 2 aliphatic heterocycles. The molecule has 2 fully saturated rings. The average molecular weight is 1440 g/mol. The summed E-state index contributed by atoms with van der Waals surface area (Å²) in [6.07, 6.45) is 85.0. The van der Waals surface area contributed by atoms with Gasteiger partial charge in [0.2, 0.25) is 5.91 Å². The Bertz CT molecular complexity index is 2090. The number of carbonyl (C=O) groups excluding carboxylic acids is 1. The Hall–Kier alpha value is -3.09. The van der Waals surface area contributed by atoms with Gasteiger partial charge in [-0.05, 0) is 83.5 Å². The van der Waals surface area contributed by atoms with E-state index >= 15 is 0 Å². The van der Waals surface area contributed by atoms with Gasteiger partial charge < -0.3 is 65.1 Å². The number of aliphatic hydroxyl groups excluding tert-OH is 8. The van der Waals surface area contributed by atoms with Gasteiger partial charge in [-0.25, -0.2) is 0 Å². The van der Waals surface area contributed by atoms with Gasteiger partial charge in [0.05, 0.1) is 32.0 Å². The third-order valence-electron chi connectivity index (χ3n) is 20.3. The zero-order chi connectivity index (χ0) is 73.7. The molecule has 0 radical (unpaired) electrons. The molecule has 1 amide bonds. The molecule has 0 saturated carbocycles. The monoisotopic (exact) mass is 1440 g/mol. The van der Waals surface area contributed by atoms with Crippen LogP contribution in [0.1, 0.15) is 361 Å². The molecule has 0 aromatic rings. The molecule has 0 aliphatic carbocycles. The summed E-state index contributed by atoms with van der Waals surface area (Å²) in [4.78, 5) is 13.4. The van der Waals surface area contributed by atoms with Crippen LogP contribution in [-0.2, 0) is 23.7 Å². The summed E-state index contributed by atoms with van der Waals surface area (Å²) in [7, 11) is 0. The second kappa shape index (κ2) is 70.9. The number of amides is 1. The van der Waals surface area contributed by atoms with E-state index in [0.717, 1.165) is 70.6 Å². The number of hydrogen-bond acceptors (Lipinski definition) is 13. The van der Waals surface area contributed by atoms with E-state index in [-0.39, 0.29) is 18.9 Å². The summed E-state index contributed by atoms with van der Waals surface area (Å²) in [5, 5.41) is 87.8. The lowest BCUT2D eigenvalue weighted by atomic mass is 9.97. The summed E-state index contributed by atoms with van der Waals surface area (Å²) >= 11 is 0. The lowest BCUT2D eigenvalue weighted by molar-refractivity contribution is -0.359. The number of hydrogen-bond donors (Lipinski definition) is 9. The van der Waals surface area contributed by atoms with Gasteiger partial charge in [0, 0.05) is 6.42 Å². The van der Waals surface area contributed by atoms with Crippen LogP contribution in [0.15, 0.2) is 97.2 Å². The lowest BCUT2D eigenvalue weighted by Gasteiger charge is -2.46. The second-order valence-electron chi connectivity index (χ2n) is 29.6. The van der Waals surface area contributed by atoms with Crippen LogP contribution in [0.25, 0.3) is 0 Å². The first-order valence-electron chi connectivity index (χ1n) is 42.5. The molecule has 2 heterocycles. The van der Waals surface area contributed by atoms with Crippen molar-refractivity contribution in [3.05, 3.63) is 97.2 Å². The highest BCUT2D eigenvalue weighted by Gasteiger charge is 2.51. The van der Waals surface area contributed by atoms with E-state index in [2.05, 4.69) is 104 Å². The van der Waals surface area contributed by atoms with Gasteiger partial charge in [0.25, 0.3) is 0 Å². The number of unbranched alkanes of at least 4 members (excludes halogenated alkanes) is 44. The van der Waals surface area contributed by atoms with Gasteiger partial charge >= 0.3 is 0 Å². The van der Waals surface area contributed by atoms with Crippen LogP contribution < -0.4 is 5.32 Å². The predicted octanol–water partition coefficient (Wildman–Crippen LogP) is 20.0. The molecule has 2 rings (SSSR count). The maximum absolute atomic E-state index is 13.4. The quantitative estimate of drug-likeness (QED) is 0.0204. The summed E-state index contributed by atoms with van der Waals surface area (Å²) in [6.45, 7) is 2.72. The summed E-state index contributed by atoms with van der Waals surface area (Å²) in [5.74, 6) is -0.246. The molecule has 0 aromatic heterocycles. The predicted molar refractivity (Wildman–Crippen MR) is 424 cm³/mol. The second-order valence-corrected chi connectivity index (χ2v) is 29.6. The van der Waals surface area contributed by atoms with Gasteiger partial charge in [0.15, 0.2) is 12.6 Å². The lowest BCUT2D eigenvalue weighted by Crippen LogP contribution is -2.65. The highest BCUT2D eigenvalue weighted by molar-refractivity contribution is 5.76. The van der Waals surface area contributed by atoms with Crippen LogP contribution in [0.5, 0.6) is 0 Å². The van der Waals surface area contributed by atoms with Gasteiger partial charge in [-0.1, -0.05) is 368 Å². The van der Waals surface area contributed by atoms with Crippen molar-refractivity contribution in [1.82, 2.24) is 5.32 Å². The minimum Gasteiger partial charge on any atom is -0.394 e. The van der Waals surface area contributed by atoms with Gasteiger partial charge in [-0.2, -0.15) is 0 Å². The van der Waals surface area contributed by atoms with Crippen molar-refractivity contribution < 1.29 is 64.6 Å². The topological polar surface area (TPSA) is 228 Å². The van der Waals surface area contributed by atoms with Crippen LogP contribution in [-0.4, -0.2) is 140 Å². The van der Waals surface area contributed by atoms with Crippen molar-refractivity contribution in [2.24, 2.45) is 0 Å². The molecular weight excluding hydrogens is 1280 g/mol. The Morgan fingerprint density at radius 1 is 0.363 bits per heavy atom. The molecule has 0 spiro atoms. The molecule has 9 N–H and O–H groups in total. The standard InChI is InChI=1S/C88H157NO13/c1-3-5-7-9-11-13-15-17-19-21-23-25-27-29-31-33-35-36-37-38-39-40-42-44-46-48-50-52-54-56-58-60-62-64-66-68-70-72-80(93)89-76(75-99-87-85(98)83(96)86(79(74-91)101-87)102-88-84(97)82(95)81(94)78(73-90)100-88)77(92)71-69-67-65-63-61-59-57-55-53-51-49-47-45-43-41-34-32-30-28-26-24-22-20-18-16-14-12-10-8-6-4-2/h5,7,11,13,17,19,23,25,29,31,35-36,61,63,69,71,76-79,81-88,90-92,94-98H,3-4,6,8-10,12,14-16,18,20-22,24,26-28,30,32-34,37-60,62,64-68,70,72-75H2,1-2H3,(H,89,93)/b7-5-,13-11-,19-17-,25-23-,31-29-,36-35-,63-61+,71-69+. The van der Waals surface area contributed by atoms with Crippen LogP contribution in [0.2, 0.25) is 0 Å². The average Bonchev–Trinajstić information content (AvgIpc) is 0.790. The van der Waals surface area contributed by atoms with Gasteiger partial charge in [-0.15, -0.1) is 0 Å². The van der Waals surface area contributed by atoms with Gasteiger partial charge in [0.1, 0.15) is 48.8 Å². The molecule has 0 aromatic carbocycles. The third-order valence-corrected chi connectivity index (χ3v) is 20.3. The van der Waals surface area contributed by atoms with E-state index < -0.39 is 86.8 Å². The fourth-order valence-corrected chi connectivity index (χ4v) is 13.6. The number of rotatable bonds is 71. The van der Waals surface area contributed by atoms with E-state index in [1.54, 1.807) is 6.08 Å². The smallest absolute Gasteiger partial charge is 0.220 e. The molecule has 2 saturated heterocycles. The zero-order valence-corrected chi connectivity index (χ0v) is 65.1. The van der Waals surface area contributed by atoms with Crippen LogP contribution in [0, 0.1) is 0 Å². The molecule has 14 nitrogen and oxygen atoms in total. The Balaban J connectivity index is 1.60. The van der Waals surface area contributed by atoms with Crippen LogP contribution in [0.4, 0.5) is 0 Å². The Morgan fingerprint density at radius 3 is 1.08 bits per heavy atom. The van der Waals surface area contributed by atoms with Gasteiger partial charge in [-0.3, -0.25) is 4.79 Å². The van der Waals surface area contributed by atoms with E-state index in [4.69, 9.17) is 18.9 Å². The molecule has 12 atom stereocenters. The fourth-order valence-electron chi connectivity index (χ4n) is 13.6. The van der Waals surface area contributed by atoms with Crippen molar-refractivity contribution in [3.63, 3.8) is 0 Å². The first-order chi connectivity index (χ1) is 50.1. The first kappa shape index (κ1) is 95.0. The van der Waals surface area contributed by atoms with Crippen molar-refractivity contribution in [3.8, 4) is 0 Å². The number of aliphatic hydroxyl groups is 8. The molecule has 2 aliphatic rings. The Kier molecular flexibility index (Phi) is 66.0. The maximum Gasteiger partial charge on any atom is 0.220 e. The van der Waals surface area contributed by atoms with Crippen molar-refractivity contribution in [1.29, 1.82) is 0 Å². The number of allylic oxidation sites excluding steroid dienone is 15. The summed E-state index contributed by atoms with van der Waals surface area (Å²) < 4.78 is 22.9. The van der Waals surface area contributed by atoms with E-state index in [1.807, 2.05) is 6.08 Å². The molecule has 592 valence electrons. The third kappa shape index (κ3) is 52.8. The molecule has 14 heteroatoms. The van der Waals surface area contributed by atoms with E-state index in [9.17, 15) is 45.6 Å². The highest BCUT2D eigenvalue weighted by atomic mass is 16.7. The molecular formula is C88H157NO13. The van der Waals surface area contributed by atoms with E-state index in [1.165, 1.54) is 257 Å². The molecule has 0 bridgehead atoms. The largest absolute Gasteiger partial charge is 0.394 e. The summed E-state index contributed by atoms with van der Waals surface area (Å²) in [5.41, 5.74) is 0. The SMILES string of the molecule is CC/C=C\C/C=C\C/C=C\C/C=C\C/C=C\C/C=C\CCCCCCCCCCCCCCCCCCCCC(=O)NC(COC1OC(CO)C(OC2OC(CO)C(O)C(O)C2O)C(O)C1O)C(O)/C=C/CC/C=C/CCCCCCCCCCCCCCCCCCCCCCCCCCC. The number of ether oxygens (including phenoxy) is 4. The Morgan fingerprint density at radius 2 is 0.686 bits per heavy atom. The van der Waals surface area contributed by atoms with Crippen LogP contribution in [0.3, 0.4) is 0 Å². The van der Waals surface area contributed by atoms with E-state index in [0.29, 0.717) is 12.8 Å². The normalized spacial score (nSPS) is 22.1. The minimum atomic E-state index is -1.80. The summed E-state index contributed by atoms with van der Waals surface area (Å²) in [6, 6.07) is -0.938. The van der Waals surface area contributed by atoms with Crippen molar-refractivity contribution >= 4 is 5.91 Å². The fraction of sp³-hybridized carbons (Fsp3) is 0.807. The minimum absolute atomic E-state index is 0.246. The Labute approximate surface area is 623 Å². The van der Waals surface area contributed by atoms with Crippen LogP contribution >= 0.6 is 0 Å². The van der Waals surface area contributed by atoms with Crippen molar-refractivity contribution in [2.75, 3.05) is 19.8 Å². The number of nitrogens with one attached hydrogen (secondary N) is 1.